The van der Waals surface area contributed by atoms with Crippen molar-refractivity contribution >= 4 is 73.0 Å². The quantitative estimate of drug-likeness (QED) is 0.215. The van der Waals surface area contributed by atoms with Gasteiger partial charge in [0.25, 0.3) is 0 Å². The van der Waals surface area contributed by atoms with Crippen molar-refractivity contribution in [2.24, 2.45) is 4.99 Å². The Morgan fingerprint density at radius 2 is 1.79 bits per heavy atom. The van der Waals surface area contributed by atoms with Gasteiger partial charge in [-0.1, -0.05) is 51.3 Å². The Morgan fingerprint density at radius 1 is 1.03 bits per heavy atom. The maximum absolute atomic E-state index is 12.4. The number of aliphatic imine (C=N–C) groups is 1. The van der Waals surface area contributed by atoms with Gasteiger partial charge < -0.3 is 14.2 Å². The first-order chi connectivity index (χ1) is 15.8. The van der Waals surface area contributed by atoms with Gasteiger partial charge in [-0.05, 0) is 75.6 Å². The van der Waals surface area contributed by atoms with E-state index >= 15 is 0 Å². The topological polar surface area (TPSA) is 57.1 Å². The fourth-order valence-corrected chi connectivity index (χ4v) is 4.16. The van der Waals surface area contributed by atoms with Crippen LogP contribution in [0.15, 0.2) is 74.2 Å². The number of esters is 1. The molecule has 0 saturated heterocycles. The van der Waals surface area contributed by atoms with E-state index in [1.807, 2.05) is 30.3 Å². The van der Waals surface area contributed by atoms with Gasteiger partial charge in [0.05, 0.1) is 21.6 Å². The Hall–Kier alpha value is -2.32. The van der Waals surface area contributed by atoms with Crippen molar-refractivity contribution in [2.45, 2.75) is 6.61 Å². The second-order valence-corrected chi connectivity index (χ2v) is 9.50. The smallest absolute Gasteiger partial charge is 0.363 e. The molecule has 9 heteroatoms. The standard InChI is InChI=1S/C24H15Br2Cl2NO4/c1-31-21-10-14(8-17(26)22(21)32-12-13-2-5-16(25)6-3-13)9-20-24(30)33-23(29-20)15-4-7-18(27)19(28)11-15/h2-11H,12H2,1H3/b20-9-. The molecular formula is C24H15Br2Cl2NO4. The minimum absolute atomic E-state index is 0.147. The Labute approximate surface area is 217 Å². The third-order valence-corrected chi connectivity index (χ3v) is 6.50. The molecule has 3 aromatic carbocycles. The van der Waals surface area contributed by atoms with Crippen LogP contribution in [0, 0.1) is 0 Å². The van der Waals surface area contributed by atoms with Crippen molar-refractivity contribution in [1.29, 1.82) is 0 Å². The minimum atomic E-state index is -0.568. The van der Waals surface area contributed by atoms with E-state index in [2.05, 4.69) is 36.9 Å². The van der Waals surface area contributed by atoms with E-state index in [4.69, 9.17) is 37.4 Å². The summed E-state index contributed by atoms with van der Waals surface area (Å²) in [6.07, 6.45) is 1.61. The number of hydrogen-bond donors (Lipinski definition) is 0. The summed E-state index contributed by atoms with van der Waals surface area (Å²) in [6.45, 7) is 0.367. The number of hydrogen-bond acceptors (Lipinski definition) is 5. The molecule has 5 nitrogen and oxygen atoms in total. The summed E-state index contributed by atoms with van der Waals surface area (Å²) >= 11 is 19.0. The molecule has 0 amide bonds. The Morgan fingerprint density at radius 3 is 2.48 bits per heavy atom. The fraction of sp³-hybridized carbons (Fsp3) is 0.0833. The van der Waals surface area contributed by atoms with Crippen molar-refractivity contribution in [1.82, 2.24) is 0 Å². The first-order valence-corrected chi connectivity index (χ1v) is 11.9. The summed E-state index contributed by atoms with van der Waals surface area (Å²) in [5.74, 6) is 0.650. The van der Waals surface area contributed by atoms with Gasteiger partial charge in [-0.25, -0.2) is 9.79 Å². The molecule has 1 aliphatic rings. The number of carbonyl (C=O) groups is 1. The third kappa shape index (κ3) is 5.61. The van der Waals surface area contributed by atoms with Crippen molar-refractivity contribution in [3.05, 3.63) is 96.0 Å². The van der Waals surface area contributed by atoms with Crippen LogP contribution in [-0.2, 0) is 16.1 Å². The molecule has 0 atom stereocenters. The molecule has 1 heterocycles. The maximum Gasteiger partial charge on any atom is 0.363 e. The summed E-state index contributed by atoms with van der Waals surface area (Å²) in [6, 6.07) is 16.3. The highest BCUT2D eigenvalue weighted by Crippen LogP contribution is 2.38. The summed E-state index contributed by atoms with van der Waals surface area (Å²) < 4.78 is 18.5. The molecule has 0 saturated carbocycles. The second-order valence-electron chi connectivity index (χ2n) is 6.91. The Kier molecular flexibility index (Phi) is 7.44. The van der Waals surface area contributed by atoms with Gasteiger partial charge in [0.15, 0.2) is 17.2 Å². The van der Waals surface area contributed by atoms with E-state index in [1.165, 1.54) is 0 Å². The van der Waals surface area contributed by atoms with Gasteiger partial charge in [0, 0.05) is 10.0 Å². The van der Waals surface area contributed by atoms with E-state index in [-0.39, 0.29) is 11.6 Å². The molecule has 0 radical (unpaired) electrons. The van der Waals surface area contributed by atoms with Crippen molar-refractivity contribution < 1.29 is 19.0 Å². The monoisotopic (exact) mass is 609 g/mol. The predicted octanol–water partition coefficient (Wildman–Crippen LogP) is 7.45. The summed E-state index contributed by atoms with van der Waals surface area (Å²) in [7, 11) is 1.55. The Bertz CT molecular complexity index is 1290. The van der Waals surface area contributed by atoms with Crippen LogP contribution in [0.2, 0.25) is 10.0 Å². The van der Waals surface area contributed by atoms with Crippen LogP contribution in [-0.4, -0.2) is 19.0 Å². The van der Waals surface area contributed by atoms with Gasteiger partial charge in [0.1, 0.15) is 6.61 Å². The molecule has 33 heavy (non-hydrogen) atoms. The Balaban J connectivity index is 1.59. The highest BCUT2D eigenvalue weighted by molar-refractivity contribution is 9.10. The van der Waals surface area contributed by atoms with Crippen LogP contribution in [0.5, 0.6) is 11.5 Å². The van der Waals surface area contributed by atoms with Crippen LogP contribution >= 0.6 is 55.1 Å². The molecule has 0 N–H and O–H groups in total. The molecule has 0 unspecified atom stereocenters. The lowest BCUT2D eigenvalue weighted by Gasteiger charge is -2.14. The molecule has 168 valence electrons. The molecule has 0 bridgehead atoms. The number of rotatable bonds is 6. The largest absolute Gasteiger partial charge is 0.493 e. The van der Waals surface area contributed by atoms with Gasteiger partial charge in [-0.2, -0.15) is 0 Å². The number of methoxy groups -OCH3 is 1. The van der Waals surface area contributed by atoms with E-state index < -0.39 is 5.97 Å². The summed E-state index contributed by atoms with van der Waals surface area (Å²) in [5, 5.41) is 0.748. The van der Waals surface area contributed by atoms with Crippen LogP contribution < -0.4 is 9.47 Å². The van der Waals surface area contributed by atoms with Gasteiger partial charge in [0.2, 0.25) is 5.90 Å². The van der Waals surface area contributed by atoms with Crippen molar-refractivity contribution in [2.75, 3.05) is 7.11 Å². The van der Waals surface area contributed by atoms with Crippen LogP contribution in [0.4, 0.5) is 0 Å². The number of ether oxygens (including phenoxy) is 3. The molecular weight excluding hydrogens is 597 g/mol. The highest BCUT2D eigenvalue weighted by Gasteiger charge is 2.25. The normalized spacial score (nSPS) is 14.3. The first kappa shape index (κ1) is 23.8. The van der Waals surface area contributed by atoms with Crippen LogP contribution in [0.1, 0.15) is 16.7 Å². The van der Waals surface area contributed by atoms with Crippen LogP contribution in [0.3, 0.4) is 0 Å². The molecule has 0 aliphatic carbocycles. The van der Waals surface area contributed by atoms with Gasteiger partial charge >= 0.3 is 5.97 Å². The first-order valence-electron chi connectivity index (χ1n) is 9.57. The molecule has 4 rings (SSSR count). The average Bonchev–Trinajstić information content (AvgIpc) is 3.15. The minimum Gasteiger partial charge on any atom is -0.493 e. The van der Waals surface area contributed by atoms with Gasteiger partial charge in [-0.15, -0.1) is 0 Å². The number of cyclic esters (lactones) is 1. The molecule has 3 aromatic rings. The summed E-state index contributed by atoms with van der Waals surface area (Å²) in [4.78, 5) is 16.7. The van der Waals surface area contributed by atoms with E-state index in [0.29, 0.717) is 43.8 Å². The number of nitrogens with zero attached hydrogens (tertiary/aromatic N) is 1. The molecule has 0 spiro atoms. The molecule has 0 aromatic heterocycles. The molecule has 0 fully saturated rings. The number of carbonyl (C=O) groups excluding carboxylic acids is 1. The third-order valence-electron chi connectivity index (χ3n) is 4.64. The summed E-state index contributed by atoms with van der Waals surface area (Å²) in [5.41, 5.74) is 2.39. The zero-order valence-electron chi connectivity index (χ0n) is 17.1. The second kappa shape index (κ2) is 10.3. The zero-order chi connectivity index (χ0) is 23.5. The predicted molar refractivity (Wildman–Crippen MR) is 136 cm³/mol. The average molecular weight is 612 g/mol. The zero-order valence-corrected chi connectivity index (χ0v) is 21.8. The van der Waals surface area contributed by atoms with E-state index in [9.17, 15) is 4.79 Å². The van der Waals surface area contributed by atoms with E-state index in [1.54, 1.807) is 37.5 Å². The number of halogens is 4. The maximum atomic E-state index is 12.4. The SMILES string of the molecule is COc1cc(/C=C2\N=C(c3ccc(Cl)c(Cl)c3)OC2=O)cc(Br)c1OCc1ccc(Br)cc1. The van der Waals surface area contributed by atoms with E-state index in [0.717, 1.165) is 10.0 Å². The lowest BCUT2D eigenvalue weighted by molar-refractivity contribution is -0.129. The lowest BCUT2D eigenvalue weighted by Crippen LogP contribution is -2.05. The van der Waals surface area contributed by atoms with Crippen molar-refractivity contribution in [3.8, 4) is 11.5 Å². The highest BCUT2D eigenvalue weighted by atomic mass is 79.9. The fourth-order valence-electron chi connectivity index (χ4n) is 3.02. The lowest BCUT2D eigenvalue weighted by atomic mass is 10.1. The van der Waals surface area contributed by atoms with Gasteiger partial charge in [-0.3, -0.25) is 0 Å². The number of benzene rings is 3. The van der Waals surface area contributed by atoms with Crippen LogP contribution in [0.25, 0.3) is 6.08 Å². The molecule has 1 aliphatic heterocycles. The van der Waals surface area contributed by atoms with Crippen molar-refractivity contribution in [3.63, 3.8) is 0 Å².